The molecule has 1 aliphatic heterocycles. The SMILES string of the molecule is COC(=O)C[C@@H]1N=C(c2ccc(NC(=O)c3ccccc3OC(C)=O)cc2)c2c(sc(C)c2C)-n2c(C)nnc21. The van der Waals surface area contributed by atoms with Crippen LogP contribution >= 0.6 is 11.3 Å². The summed E-state index contributed by atoms with van der Waals surface area (Å²) in [5.74, 6) is 0.156. The lowest BCUT2D eigenvalue weighted by atomic mass is 9.99. The Morgan fingerprint density at radius 2 is 1.75 bits per heavy atom. The highest BCUT2D eigenvalue weighted by molar-refractivity contribution is 7.15. The van der Waals surface area contributed by atoms with E-state index in [4.69, 9.17) is 14.5 Å². The van der Waals surface area contributed by atoms with Crippen molar-refractivity contribution in [3.63, 3.8) is 0 Å². The Balaban J connectivity index is 1.52. The average Bonchev–Trinajstić information content (AvgIpc) is 3.40. The summed E-state index contributed by atoms with van der Waals surface area (Å²) < 4.78 is 12.1. The number of rotatable bonds is 6. The maximum Gasteiger partial charge on any atom is 0.308 e. The molecule has 204 valence electrons. The number of ether oxygens (including phenoxy) is 2. The van der Waals surface area contributed by atoms with Crippen molar-refractivity contribution in [1.82, 2.24) is 14.8 Å². The van der Waals surface area contributed by atoms with Gasteiger partial charge in [0.2, 0.25) is 0 Å². The molecule has 5 rings (SSSR count). The zero-order valence-electron chi connectivity index (χ0n) is 22.6. The van der Waals surface area contributed by atoms with Crippen LogP contribution in [0.2, 0.25) is 0 Å². The minimum absolute atomic E-state index is 0.0149. The van der Waals surface area contributed by atoms with Crippen molar-refractivity contribution < 1.29 is 23.9 Å². The summed E-state index contributed by atoms with van der Waals surface area (Å²) in [5.41, 5.74) is 4.36. The molecule has 2 aromatic heterocycles. The molecule has 2 aromatic carbocycles. The van der Waals surface area contributed by atoms with Crippen LogP contribution in [-0.2, 0) is 14.3 Å². The molecule has 1 amide bonds. The first-order chi connectivity index (χ1) is 19.2. The predicted octanol–water partition coefficient (Wildman–Crippen LogP) is 4.89. The second-order valence-electron chi connectivity index (χ2n) is 9.30. The molecule has 0 saturated heterocycles. The third kappa shape index (κ3) is 5.03. The Morgan fingerprint density at radius 3 is 2.45 bits per heavy atom. The number of aryl methyl sites for hydroxylation is 2. The highest BCUT2D eigenvalue weighted by atomic mass is 32.1. The van der Waals surface area contributed by atoms with Crippen LogP contribution in [-0.4, -0.2) is 45.4 Å². The van der Waals surface area contributed by atoms with Crippen molar-refractivity contribution in [3.8, 4) is 10.8 Å². The van der Waals surface area contributed by atoms with E-state index in [-0.39, 0.29) is 17.7 Å². The fourth-order valence-electron chi connectivity index (χ4n) is 4.57. The van der Waals surface area contributed by atoms with Crippen molar-refractivity contribution in [2.24, 2.45) is 4.99 Å². The van der Waals surface area contributed by atoms with Crippen molar-refractivity contribution in [2.45, 2.75) is 40.2 Å². The Morgan fingerprint density at radius 1 is 1.02 bits per heavy atom. The van der Waals surface area contributed by atoms with Gasteiger partial charge in [-0.15, -0.1) is 21.5 Å². The number of thiophene rings is 1. The van der Waals surface area contributed by atoms with Gasteiger partial charge in [-0.25, -0.2) is 0 Å². The summed E-state index contributed by atoms with van der Waals surface area (Å²) in [6.45, 7) is 7.27. The number of hydrogen-bond acceptors (Lipinski definition) is 9. The van der Waals surface area contributed by atoms with Gasteiger partial charge in [-0.2, -0.15) is 0 Å². The molecule has 40 heavy (non-hydrogen) atoms. The minimum Gasteiger partial charge on any atom is -0.469 e. The maximum absolute atomic E-state index is 13.0. The van der Waals surface area contributed by atoms with E-state index in [2.05, 4.69) is 29.4 Å². The highest BCUT2D eigenvalue weighted by Gasteiger charge is 2.32. The predicted molar refractivity (Wildman–Crippen MR) is 151 cm³/mol. The summed E-state index contributed by atoms with van der Waals surface area (Å²) in [6, 6.07) is 13.3. The topological polar surface area (TPSA) is 125 Å². The molecular formula is C29H27N5O5S. The molecule has 0 spiro atoms. The summed E-state index contributed by atoms with van der Waals surface area (Å²) in [6.07, 6.45) is 0.0149. The fraction of sp³-hybridized carbons (Fsp3) is 0.241. The lowest BCUT2D eigenvalue weighted by Gasteiger charge is -2.13. The molecule has 3 heterocycles. The van der Waals surface area contributed by atoms with Crippen LogP contribution in [0.15, 0.2) is 53.5 Å². The highest BCUT2D eigenvalue weighted by Crippen LogP contribution is 2.39. The summed E-state index contributed by atoms with van der Waals surface area (Å²) in [7, 11) is 1.35. The van der Waals surface area contributed by atoms with Crippen LogP contribution < -0.4 is 10.1 Å². The van der Waals surface area contributed by atoms with E-state index in [0.29, 0.717) is 23.0 Å². The van der Waals surface area contributed by atoms with Crippen molar-refractivity contribution in [2.75, 3.05) is 12.4 Å². The van der Waals surface area contributed by atoms with Crippen LogP contribution in [0, 0.1) is 20.8 Å². The number of anilines is 1. The second-order valence-corrected chi connectivity index (χ2v) is 10.5. The number of benzene rings is 2. The van der Waals surface area contributed by atoms with E-state index in [0.717, 1.165) is 26.6 Å². The normalized spacial score (nSPS) is 13.9. The Bertz CT molecular complexity index is 1670. The second kappa shape index (κ2) is 10.9. The first kappa shape index (κ1) is 26.9. The van der Waals surface area contributed by atoms with Gasteiger partial charge >= 0.3 is 11.9 Å². The number of para-hydroxylation sites is 1. The van der Waals surface area contributed by atoms with Crippen LogP contribution in [0.5, 0.6) is 5.75 Å². The third-order valence-electron chi connectivity index (χ3n) is 6.63. The Hall–Kier alpha value is -4.64. The van der Waals surface area contributed by atoms with Gasteiger partial charge in [-0.3, -0.25) is 23.9 Å². The number of carbonyl (C=O) groups excluding carboxylic acids is 3. The van der Waals surface area contributed by atoms with Gasteiger partial charge in [0, 0.05) is 28.6 Å². The average molecular weight is 558 g/mol. The van der Waals surface area contributed by atoms with Gasteiger partial charge in [0.25, 0.3) is 5.91 Å². The largest absolute Gasteiger partial charge is 0.469 e. The van der Waals surface area contributed by atoms with Gasteiger partial charge in [0.15, 0.2) is 5.82 Å². The molecule has 0 fully saturated rings. The number of aromatic nitrogens is 3. The van der Waals surface area contributed by atoms with Crippen LogP contribution in [0.1, 0.15) is 63.0 Å². The molecule has 11 heteroatoms. The number of hydrogen-bond donors (Lipinski definition) is 1. The van der Waals surface area contributed by atoms with E-state index >= 15 is 0 Å². The number of nitrogens with one attached hydrogen (secondary N) is 1. The van der Waals surface area contributed by atoms with Gasteiger partial charge < -0.3 is 14.8 Å². The van der Waals surface area contributed by atoms with E-state index in [1.54, 1.807) is 47.7 Å². The number of methoxy groups -OCH3 is 1. The van der Waals surface area contributed by atoms with Crippen LogP contribution in [0.3, 0.4) is 0 Å². The molecule has 0 radical (unpaired) electrons. The molecule has 0 unspecified atom stereocenters. The zero-order chi connectivity index (χ0) is 28.6. The molecule has 0 aliphatic carbocycles. The third-order valence-corrected chi connectivity index (χ3v) is 7.82. The van der Waals surface area contributed by atoms with E-state index in [9.17, 15) is 14.4 Å². The first-order valence-corrected chi connectivity index (χ1v) is 13.4. The monoisotopic (exact) mass is 557 g/mol. The summed E-state index contributed by atoms with van der Waals surface area (Å²) in [5, 5.41) is 12.5. The van der Waals surface area contributed by atoms with Gasteiger partial charge in [0.05, 0.1) is 24.8 Å². The van der Waals surface area contributed by atoms with Crippen molar-refractivity contribution in [3.05, 3.63) is 87.3 Å². The molecule has 10 nitrogen and oxygen atoms in total. The zero-order valence-corrected chi connectivity index (χ0v) is 23.5. The molecule has 0 saturated carbocycles. The molecule has 1 N–H and O–H groups in total. The van der Waals surface area contributed by atoms with Crippen LogP contribution in [0.4, 0.5) is 5.69 Å². The Kier molecular flexibility index (Phi) is 7.31. The maximum atomic E-state index is 13.0. The van der Waals surface area contributed by atoms with E-state index < -0.39 is 23.9 Å². The van der Waals surface area contributed by atoms with Gasteiger partial charge in [-0.1, -0.05) is 24.3 Å². The summed E-state index contributed by atoms with van der Waals surface area (Å²) in [4.78, 5) is 42.9. The number of amides is 1. The van der Waals surface area contributed by atoms with Gasteiger partial charge in [0.1, 0.15) is 22.6 Å². The Labute approximate surface area is 234 Å². The number of esters is 2. The van der Waals surface area contributed by atoms with Crippen LogP contribution in [0.25, 0.3) is 5.00 Å². The van der Waals surface area contributed by atoms with Crippen molar-refractivity contribution >= 4 is 40.6 Å². The quantitative estimate of drug-likeness (QED) is 0.264. The van der Waals surface area contributed by atoms with Crippen molar-refractivity contribution in [1.29, 1.82) is 0 Å². The number of aliphatic imine (C=N–C) groups is 1. The fourth-order valence-corrected chi connectivity index (χ4v) is 5.79. The minimum atomic E-state index is -0.597. The number of nitrogens with zero attached hydrogens (tertiary/aromatic N) is 4. The number of carbonyl (C=O) groups is 3. The number of fused-ring (bicyclic) bond motifs is 3. The lowest BCUT2D eigenvalue weighted by molar-refractivity contribution is -0.141. The molecule has 1 atom stereocenters. The van der Waals surface area contributed by atoms with E-state index in [1.807, 2.05) is 23.6 Å². The standard InChI is InChI=1S/C29H27N5O5S/c1-15-16(2)40-29-25(15)26(31-22(14-24(36)38-5)27-33-32-17(3)34(27)29)19-10-12-20(13-11-19)30-28(37)21-8-6-7-9-23(21)39-18(4)35/h6-13,22H,14H2,1-5H3,(H,30,37)/t22-/m0/s1. The van der Waals surface area contributed by atoms with E-state index in [1.165, 1.54) is 14.0 Å². The molecule has 1 aliphatic rings. The smallest absolute Gasteiger partial charge is 0.308 e. The molecule has 4 aromatic rings. The van der Waals surface area contributed by atoms with Gasteiger partial charge in [-0.05, 0) is 50.6 Å². The lowest BCUT2D eigenvalue weighted by Crippen LogP contribution is -2.15. The molecule has 0 bridgehead atoms. The molecular weight excluding hydrogens is 530 g/mol. The summed E-state index contributed by atoms with van der Waals surface area (Å²) >= 11 is 1.62. The first-order valence-electron chi connectivity index (χ1n) is 12.5.